The Morgan fingerprint density at radius 1 is 0.588 bits per heavy atom. The Morgan fingerprint density at radius 2 is 1.08 bits per heavy atom. The van der Waals surface area contributed by atoms with Crippen LogP contribution < -0.4 is 0 Å². The van der Waals surface area contributed by atoms with E-state index in [1.54, 1.807) is 0 Å². The maximum atomic E-state index is 12.4. The summed E-state index contributed by atoms with van der Waals surface area (Å²) in [6, 6.07) is 0. The molecule has 0 spiro atoms. The highest BCUT2D eigenvalue weighted by atomic mass is 31.2. The van der Waals surface area contributed by atoms with Gasteiger partial charge in [-0.15, -0.1) is 0 Å². The van der Waals surface area contributed by atoms with Gasteiger partial charge in [-0.05, 0) is 70.6 Å². The average Bonchev–Trinajstić information content (AvgIpc) is 3.09. The second-order valence-corrected chi connectivity index (χ2v) is 14.3. The fourth-order valence-corrected chi connectivity index (χ4v) is 5.44. The summed E-state index contributed by atoms with van der Waals surface area (Å²) in [6.45, 7) is 3.45. The molecule has 0 radical (unpaired) electrons. The summed E-state index contributed by atoms with van der Waals surface area (Å²) in [5.74, 6) is -0.982. The molecule has 0 aliphatic heterocycles. The van der Waals surface area contributed by atoms with Crippen molar-refractivity contribution < 1.29 is 43.0 Å². The molecule has 0 aromatic heterocycles. The van der Waals surface area contributed by atoms with Gasteiger partial charge >= 0.3 is 19.8 Å². The Kier molecular flexibility index (Phi) is 34.5. The zero-order valence-corrected chi connectivity index (χ0v) is 32.7. The second kappa shape index (κ2) is 36.1. The Hall–Kier alpha value is -2.29. The summed E-state index contributed by atoms with van der Waals surface area (Å²) in [6.07, 6.45) is 41.4. The summed E-state index contributed by atoms with van der Waals surface area (Å²) in [5.41, 5.74) is 0. The first-order chi connectivity index (χ1) is 24.7. The van der Waals surface area contributed by atoms with E-state index in [0.717, 1.165) is 64.2 Å². The lowest BCUT2D eigenvalue weighted by Gasteiger charge is -2.18. The number of aliphatic hydroxyl groups is 1. The zero-order chi connectivity index (χ0) is 37.7. The highest BCUT2D eigenvalue weighted by molar-refractivity contribution is 7.46. The number of carbonyl (C=O) groups is 2. The predicted octanol–water partition coefficient (Wildman–Crippen LogP) is 10.7. The molecule has 0 saturated carbocycles. The number of esters is 2. The topological polar surface area (TPSA) is 140 Å². The summed E-state index contributed by atoms with van der Waals surface area (Å²) in [5, 5.41) is 9.78. The Morgan fingerprint density at radius 3 is 1.69 bits per heavy atom. The standard InChI is InChI=1S/C41H71O9P/c1-3-5-7-8-9-10-11-12-13-14-18-21-24-27-30-34-40(43)48-36-39(37-49-51(45,46)47)50-41(44)35-31-28-25-22-19-16-15-17-20-23-26-29-33-38(42)32-6-4-2/h10-11,15-16,20,22-23,25,29,33,38-39,42H,3-9,12-14,17-19,21,24,26-28,30-32,34-37H2,1-2H3,(H2,45,46,47)/b11-10-,16-15-,23-20-,25-22-,33-29-/t38-,39-/m1/s1. The van der Waals surface area contributed by atoms with Crippen LogP contribution in [0.4, 0.5) is 0 Å². The van der Waals surface area contributed by atoms with Crippen LogP contribution in [-0.4, -0.2) is 52.3 Å². The third-order valence-corrected chi connectivity index (χ3v) is 8.56. The lowest BCUT2D eigenvalue weighted by atomic mass is 10.1. The van der Waals surface area contributed by atoms with E-state index in [9.17, 15) is 19.3 Å². The normalized spacial score (nSPS) is 13.7. The molecule has 294 valence electrons. The minimum Gasteiger partial charge on any atom is -0.462 e. The Labute approximate surface area is 309 Å². The van der Waals surface area contributed by atoms with Gasteiger partial charge in [-0.3, -0.25) is 14.1 Å². The van der Waals surface area contributed by atoms with E-state index < -0.39 is 32.5 Å². The maximum Gasteiger partial charge on any atom is 0.469 e. The third kappa shape index (κ3) is 38.8. The fourth-order valence-electron chi connectivity index (χ4n) is 5.08. The van der Waals surface area contributed by atoms with Crippen molar-refractivity contribution in [1.29, 1.82) is 0 Å². The summed E-state index contributed by atoms with van der Waals surface area (Å²) in [7, 11) is -4.78. The molecule has 0 aliphatic carbocycles. The van der Waals surface area contributed by atoms with Gasteiger partial charge in [0, 0.05) is 12.8 Å². The van der Waals surface area contributed by atoms with Gasteiger partial charge in [0.1, 0.15) is 6.61 Å². The van der Waals surface area contributed by atoms with E-state index in [-0.39, 0.29) is 25.6 Å². The smallest absolute Gasteiger partial charge is 0.462 e. The number of phosphoric ester groups is 1. The minimum absolute atomic E-state index is 0.116. The van der Waals surface area contributed by atoms with E-state index >= 15 is 0 Å². The molecule has 0 aromatic carbocycles. The molecule has 10 heteroatoms. The molecule has 0 saturated heterocycles. The molecule has 2 atom stereocenters. The number of rotatable bonds is 35. The highest BCUT2D eigenvalue weighted by Gasteiger charge is 2.22. The molecule has 0 fully saturated rings. The van der Waals surface area contributed by atoms with Gasteiger partial charge in [0.15, 0.2) is 6.10 Å². The van der Waals surface area contributed by atoms with E-state index in [1.807, 2.05) is 24.3 Å². The van der Waals surface area contributed by atoms with Crippen LogP contribution in [0, 0.1) is 0 Å². The molecular formula is C41H71O9P. The SMILES string of the molecule is CCCCCC/C=C\CCCCCCCCCC(=O)OC[C@H](COP(=O)(O)O)OC(=O)CCC/C=C\C/C=C\C/C=C\C/C=C\[C@H](O)CCCC. The molecule has 0 aromatic rings. The molecule has 51 heavy (non-hydrogen) atoms. The van der Waals surface area contributed by atoms with Crippen molar-refractivity contribution in [2.75, 3.05) is 13.2 Å². The van der Waals surface area contributed by atoms with Crippen LogP contribution >= 0.6 is 7.82 Å². The minimum atomic E-state index is -4.78. The number of ether oxygens (including phenoxy) is 2. The van der Waals surface area contributed by atoms with E-state index in [1.165, 1.54) is 51.4 Å². The maximum absolute atomic E-state index is 12.4. The number of unbranched alkanes of at least 4 members (excludes halogenated alkanes) is 13. The molecule has 0 heterocycles. The third-order valence-electron chi connectivity index (χ3n) is 8.08. The molecule has 0 aliphatic rings. The van der Waals surface area contributed by atoms with E-state index in [0.29, 0.717) is 19.3 Å². The fraction of sp³-hybridized carbons (Fsp3) is 0.707. The van der Waals surface area contributed by atoms with Gasteiger partial charge in [-0.2, -0.15) is 0 Å². The van der Waals surface area contributed by atoms with Gasteiger partial charge in [-0.1, -0.05) is 139 Å². The number of phosphoric acid groups is 1. The van der Waals surface area contributed by atoms with Gasteiger partial charge in [0.25, 0.3) is 0 Å². The van der Waals surface area contributed by atoms with Crippen molar-refractivity contribution in [3.05, 3.63) is 60.8 Å². The van der Waals surface area contributed by atoms with Gasteiger partial charge < -0.3 is 24.4 Å². The predicted molar refractivity (Wildman–Crippen MR) is 208 cm³/mol. The van der Waals surface area contributed by atoms with Crippen molar-refractivity contribution in [3.63, 3.8) is 0 Å². The largest absolute Gasteiger partial charge is 0.469 e. The number of aliphatic hydroxyl groups excluding tert-OH is 1. The lowest BCUT2D eigenvalue weighted by molar-refractivity contribution is -0.161. The van der Waals surface area contributed by atoms with Crippen LogP contribution in [0.2, 0.25) is 0 Å². The summed E-state index contributed by atoms with van der Waals surface area (Å²) < 4.78 is 26.3. The molecule has 0 unspecified atom stereocenters. The molecule has 0 rings (SSSR count). The lowest BCUT2D eigenvalue weighted by Crippen LogP contribution is -2.29. The first-order valence-corrected chi connectivity index (χ1v) is 21.2. The number of hydrogen-bond donors (Lipinski definition) is 3. The van der Waals surface area contributed by atoms with Crippen molar-refractivity contribution >= 4 is 19.8 Å². The van der Waals surface area contributed by atoms with Crippen molar-refractivity contribution in [3.8, 4) is 0 Å². The van der Waals surface area contributed by atoms with Crippen LogP contribution in [0.3, 0.4) is 0 Å². The van der Waals surface area contributed by atoms with Crippen LogP contribution in [-0.2, 0) is 28.2 Å². The highest BCUT2D eigenvalue weighted by Crippen LogP contribution is 2.36. The van der Waals surface area contributed by atoms with Gasteiger partial charge in [0.05, 0.1) is 12.7 Å². The van der Waals surface area contributed by atoms with Gasteiger partial charge in [0.2, 0.25) is 0 Å². The number of hydrogen-bond acceptors (Lipinski definition) is 7. The monoisotopic (exact) mass is 738 g/mol. The van der Waals surface area contributed by atoms with Crippen LogP contribution in [0.15, 0.2) is 60.8 Å². The average molecular weight is 739 g/mol. The quantitative estimate of drug-likeness (QED) is 0.0251. The Balaban J connectivity index is 4.10. The summed E-state index contributed by atoms with van der Waals surface area (Å²) in [4.78, 5) is 42.7. The van der Waals surface area contributed by atoms with Crippen LogP contribution in [0.5, 0.6) is 0 Å². The zero-order valence-electron chi connectivity index (χ0n) is 31.8. The summed E-state index contributed by atoms with van der Waals surface area (Å²) >= 11 is 0. The van der Waals surface area contributed by atoms with Crippen LogP contribution in [0.1, 0.15) is 162 Å². The van der Waals surface area contributed by atoms with E-state index in [2.05, 4.69) is 54.8 Å². The van der Waals surface area contributed by atoms with Crippen LogP contribution in [0.25, 0.3) is 0 Å². The van der Waals surface area contributed by atoms with E-state index in [4.69, 9.17) is 19.3 Å². The second-order valence-electron chi connectivity index (χ2n) is 13.1. The molecule has 3 N–H and O–H groups in total. The molecule has 9 nitrogen and oxygen atoms in total. The van der Waals surface area contributed by atoms with Gasteiger partial charge in [-0.25, -0.2) is 4.57 Å². The molecule has 0 amide bonds. The first kappa shape index (κ1) is 48.7. The molecular weight excluding hydrogens is 667 g/mol. The Bertz CT molecular complexity index is 1030. The van der Waals surface area contributed by atoms with Crippen molar-refractivity contribution in [1.82, 2.24) is 0 Å². The number of allylic oxidation sites excluding steroid dienone is 9. The van der Waals surface area contributed by atoms with Crippen molar-refractivity contribution in [2.24, 2.45) is 0 Å². The van der Waals surface area contributed by atoms with Crippen molar-refractivity contribution in [2.45, 2.75) is 174 Å². The first-order valence-electron chi connectivity index (χ1n) is 19.7. The molecule has 0 bridgehead atoms. The number of carbonyl (C=O) groups excluding carboxylic acids is 2.